The van der Waals surface area contributed by atoms with E-state index in [0.717, 1.165) is 18.4 Å². The van der Waals surface area contributed by atoms with Crippen molar-refractivity contribution in [2.24, 2.45) is 22.7 Å². The van der Waals surface area contributed by atoms with E-state index in [1.807, 2.05) is 0 Å². The fourth-order valence-electron chi connectivity index (χ4n) is 5.23. The fraction of sp³-hybridized carbons (Fsp3) is 0.700. The third kappa shape index (κ3) is 2.29. The summed E-state index contributed by atoms with van der Waals surface area (Å²) in [5.41, 5.74) is 2.52. The van der Waals surface area contributed by atoms with Gasteiger partial charge in [0.05, 0.1) is 0 Å². The highest BCUT2D eigenvalue weighted by atomic mass is 15.1. The molecule has 1 aromatic carbocycles. The molecule has 21 heavy (non-hydrogen) atoms. The molecule has 0 aliphatic heterocycles. The maximum Gasteiger partial charge on any atom is 0.0366 e. The molecule has 2 fully saturated rings. The lowest BCUT2D eigenvalue weighted by Crippen LogP contribution is -2.34. The highest BCUT2D eigenvalue weighted by Gasteiger charge is 2.60. The summed E-state index contributed by atoms with van der Waals surface area (Å²) in [7, 11) is 0. The average molecular weight is 285 g/mol. The summed E-state index contributed by atoms with van der Waals surface area (Å²) >= 11 is 0. The van der Waals surface area contributed by atoms with Gasteiger partial charge in [-0.05, 0) is 67.4 Å². The molecule has 0 amide bonds. The predicted molar refractivity (Wildman–Crippen MR) is 91.7 cm³/mol. The Hall–Kier alpha value is -0.980. The molecule has 1 heteroatoms. The Balaban J connectivity index is 1.66. The first kappa shape index (κ1) is 14.9. The van der Waals surface area contributed by atoms with E-state index >= 15 is 0 Å². The van der Waals surface area contributed by atoms with Gasteiger partial charge in [-0.3, -0.25) is 0 Å². The standard InChI is InChI=1S/C20H31N/c1-5-21(18-9-7-6-8-10-18)14-12-17-15-16-11-13-20(17,4)19(16,2)3/h6-10,16-17H,5,11-15H2,1-4H3. The van der Waals surface area contributed by atoms with Crippen molar-refractivity contribution in [3.05, 3.63) is 30.3 Å². The van der Waals surface area contributed by atoms with Crippen molar-refractivity contribution in [2.45, 2.75) is 53.4 Å². The molecule has 1 aromatic rings. The third-order valence-corrected chi connectivity index (χ3v) is 7.23. The van der Waals surface area contributed by atoms with E-state index in [4.69, 9.17) is 0 Å². The van der Waals surface area contributed by atoms with Crippen LogP contribution in [0.3, 0.4) is 0 Å². The van der Waals surface area contributed by atoms with E-state index in [0.29, 0.717) is 10.8 Å². The van der Waals surface area contributed by atoms with Crippen LogP contribution in [0.25, 0.3) is 0 Å². The Morgan fingerprint density at radius 2 is 1.86 bits per heavy atom. The molecule has 0 N–H and O–H groups in total. The van der Waals surface area contributed by atoms with Crippen molar-refractivity contribution in [3.8, 4) is 0 Å². The van der Waals surface area contributed by atoms with Gasteiger partial charge >= 0.3 is 0 Å². The van der Waals surface area contributed by atoms with Crippen LogP contribution in [0.15, 0.2) is 30.3 Å². The van der Waals surface area contributed by atoms with Gasteiger partial charge in [-0.1, -0.05) is 39.0 Å². The molecule has 0 heterocycles. The van der Waals surface area contributed by atoms with Crippen LogP contribution in [0, 0.1) is 22.7 Å². The van der Waals surface area contributed by atoms with Crippen molar-refractivity contribution in [2.75, 3.05) is 18.0 Å². The summed E-state index contributed by atoms with van der Waals surface area (Å²) in [6, 6.07) is 10.9. The Kier molecular flexibility index (Phi) is 3.80. The molecule has 0 saturated heterocycles. The number of fused-ring (bicyclic) bond motifs is 2. The monoisotopic (exact) mass is 285 g/mol. The first-order chi connectivity index (χ1) is 9.99. The van der Waals surface area contributed by atoms with Gasteiger partial charge in [-0.2, -0.15) is 0 Å². The molecular formula is C20H31N. The van der Waals surface area contributed by atoms with Crippen LogP contribution >= 0.6 is 0 Å². The van der Waals surface area contributed by atoms with Crippen molar-refractivity contribution in [1.29, 1.82) is 0 Å². The third-order valence-electron chi connectivity index (χ3n) is 7.23. The Morgan fingerprint density at radius 1 is 1.14 bits per heavy atom. The van der Waals surface area contributed by atoms with E-state index in [1.165, 1.54) is 37.9 Å². The maximum absolute atomic E-state index is 2.57. The van der Waals surface area contributed by atoms with Gasteiger partial charge in [0.25, 0.3) is 0 Å². The second-order valence-corrected chi connectivity index (χ2v) is 8.01. The number of rotatable bonds is 5. The summed E-state index contributed by atoms with van der Waals surface area (Å²) in [5.74, 6) is 1.89. The minimum Gasteiger partial charge on any atom is -0.372 e. The lowest BCUT2D eigenvalue weighted by molar-refractivity contribution is 0.0988. The van der Waals surface area contributed by atoms with Crippen LogP contribution in [0.1, 0.15) is 53.4 Å². The maximum atomic E-state index is 2.57. The van der Waals surface area contributed by atoms with Crippen molar-refractivity contribution in [3.63, 3.8) is 0 Å². The molecule has 3 atom stereocenters. The number of para-hydroxylation sites is 1. The highest BCUT2D eigenvalue weighted by molar-refractivity contribution is 5.45. The summed E-state index contributed by atoms with van der Waals surface area (Å²) in [6.45, 7) is 12.2. The fourth-order valence-corrected chi connectivity index (χ4v) is 5.23. The van der Waals surface area contributed by atoms with Gasteiger partial charge in [0.1, 0.15) is 0 Å². The molecule has 3 rings (SSSR count). The summed E-state index contributed by atoms with van der Waals surface area (Å²) in [4.78, 5) is 2.54. The van der Waals surface area contributed by atoms with Crippen LogP contribution in [-0.4, -0.2) is 13.1 Å². The lowest BCUT2D eigenvalue weighted by atomic mass is 9.66. The molecule has 1 nitrogen and oxygen atoms in total. The summed E-state index contributed by atoms with van der Waals surface area (Å²) < 4.78 is 0. The summed E-state index contributed by atoms with van der Waals surface area (Å²) in [5, 5.41) is 0. The SMILES string of the molecule is CCN(CCC1CC2CCC1(C)C2(C)C)c1ccccc1. The quantitative estimate of drug-likeness (QED) is 0.703. The molecule has 2 aliphatic rings. The summed E-state index contributed by atoms with van der Waals surface area (Å²) in [6.07, 6.45) is 5.75. The van der Waals surface area contributed by atoms with Gasteiger partial charge in [0.2, 0.25) is 0 Å². The molecule has 116 valence electrons. The zero-order chi connectivity index (χ0) is 15.1. The molecule has 0 aromatic heterocycles. The van der Waals surface area contributed by atoms with Gasteiger partial charge in [-0.25, -0.2) is 0 Å². The van der Waals surface area contributed by atoms with E-state index in [1.54, 1.807) is 0 Å². The van der Waals surface area contributed by atoms with Crippen LogP contribution in [0.2, 0.25) is 0 Å². The minimum atomic E-state index is 0.557. The van der Waals surface area contributed by atoms with Crippen LogP contribution < -0.4 is 4.90 Å². The molecule has 2 aliphatic carbocycles. The topological polar surface area (TPSA) is 3.24 Å². The zero-order valence-corrected chi connectivity index (χ0v) is 14.2. The van der Waals surface area contributed by atoms with Crippen LogP contribution in [0.4, 0.5) is 5.69 Å². The molecular weight excluding hydrogens is 254 g/mol. The molecule has 0 spiro atoms. The first-order valence-corrected chi connectivity index (χ1v) is 8.79. The lowest BCUT2D eigenvalue weighted by Gasteiger charge is -2.40. The van der Waals surface area contributed by atoms with E-state index in [9.17, 15) is 0 Å². The Bertz CT molecular complexity index is 478. The van der Waals surface area contributed by atoms with E-state index in [2.05, 4.69) is 62.9 Å². The smallest absolute Gasteiger partial charge is 0.0366 e. The Morgan fingerprint density at radius 3 is 2.38 bits per heavy atom. The largest absolute Gasteiger partial charge is 0.372 e. The normalized spacial score (nSPS) is 33.3. The minimum absolute atomic E-state index is 0.557. The van der Waals surface area contributed by atoms with E-state index < -0.39 is 0 Å². The Labute approximate surface area is 130 Å². The molecule has 0 radical (unpaired) electrons. The number of anilines is 1. The van der Waals surface area contributed by atoms with E-state index in [-0.39, 0.29) is 0 Å². The van der Waals surface area contributed by atoms with Crippen molar-refractivity contribution < 1.29 is 0 Å². The number of nitrogens with zero attached hydrogens (tertiary/aromatic N) is 1. The van der Waals surface area contributed by atoms with Crippen LogP contribution in [0.5, 0.6) is 0 Å². The average Bonchev–Trinajstić information content (AvgIpc) is 2.82. The molecule has 3 unspecified atom stereocenters. The van der Waals surface area contributed by atoms with Gasteiger partial charge < -0.3 is 4.90 Å². The zero-order valence-electron chi connectivity index (χ0n) is 14.2. The molecule has 2 saturated carbocycles. The van der Waals surface area contributed by atoms with Gasteiger partial charge in [0.15, 0.2) is 0 Å². The second kappa shape index (κ2) is 5.34. The van der Waals surface area contributed by atoms with Gasteiger partial charge in [0, 0.05) is 18.8 Å². The molecule has 2 bridgehead atoms. The van der Waals surface area contributed by atoms with Crippen LogP contribution in [-0.2, 0) is 0 Å². The van der Waals surface area contributed by atoms with Gasteiger partial charge in [-0.15, -0.1) is 0 Å². The first-order valence-electron chi connectivity index (χ1n) is 8.79. The van der Waals surface area contributed by atoms with Crippen molar-refractivity contribution in [1.82, 2.24) is 0 Å². The second-order valence-electron chi connectivity index (χ2n) is 8.01. The number of hydrogen-bond donors (Lipinski definition) is 0. The predicted octanol–water partition coefficient (Wildman–Crippen LogP) is 5.37. The highest BCUT2D eigenvalue weighted by Crippen LogP contribution is 2.68. The number of benzene rings is 1. The van der Waals surface area contributed by atoms with Crippen molar-refractivity contribution >= 4 is 5.69 Å². The number of hydrogen-bond acceptors (Lipinski definition) is 1.